The zero-order valence-corrected chi connectivity index (χ0v) is 11.7. The zero-order valence-electron chi connectivity index (χ0n) is 11.7. The Balaban J connectivity index is 1.95. The van der Waals surface area contributed by atoms with E-state index in [0.717, 1.165) is 17.4 Å². The number of hydrogen-bond donors (Lipinski definition) is 2. The fraction of sp³-hybridized carbons (Fsp3) is 0.188. The summed E-state index contributed by atoms with van der Waals surface area (Å²) in [5.41, 5.74) is 6.71. The molecule has 2 aromatic carbocycles. The number of nitrogen functional groups attached to an aromatic ring is 1. The normalized spacial score (nSPS) is 10.2. The maximum Gasteiger partial charge on any atom is 0.254 e. The Morgan fingerprint density at radius 3 is 2.76 bits per heavy atom. The number of carbonyl (C=O) groups is 1. The monoisotopic (exact) mass is 288 g/mol. The quantitative estimate of drug-likeness (QED) is 0.830. The van der Waals surface area contributed by atoms with E-state index in [0.29, 0.717) is 13.0 Å². The van der Waals surface area contributed by atoms with Crippen molar-refractivity contribution in [3.63, 3.8) is 0 Å². The lowest BCUT2D eigenvalue weighted by molar-refractivity contribution is 0.0950. The van der Waals surface area contributed by atoms with Crippen LogP contribution in [-0.2, 0) is 6.42 Å². The number of methoxy groups -OCH3 is 1. The molecule has 0 spiro atoms. The van der Waals surface area contributed by atoms with E-state index < -0.39 is 11.7 Å². The Labute approximate surface area is 122 Å². The second kappa shape index (κ2) is 6.74. The maximum absolute atomic E-state index is 13.6. The molecule has 4 nitrogen and oxygen atoms in total. The van der Waals surface area contributed by atoms with Crippen molar-refractivity contribution in [3.05, 3.63) is 59.4 Å². The highest BCUT2D eigenvalue weighted by atomic mass is 19.1. The largest absolute Gasteiger partial charge is 0.496 e. The lowest BCUT2D eigenvalue weighted by atomic mass is 10.1. The van der Waals surface area contributed by atoms with Crippen LogP contribution in [0.4, 0.5) is 10.1 Å². The molecule has 2 rings (SSSR count). The van der Waals surface area contributed by atoms with E-state index in [1.807, 2.05) is 24.3 Å². The van der Waals surface area contributed by atoms with Crippen LogP contribution in [0.1, 0.15) is 15.9 Å². The predicted molar refractivity (Wildman–Crippen MR) is 79.8 cm³/mol. The molecular weight excluding hydrogens is 271 g/mol. The number of halogens is 1. The summed E-state index contributed by atoms with van der Waals surface area (Å²) in [5, 5.41) is 2.68. The van der Waals surface area contributed by atoms with Crippen molar-refractivity contribution in [2.75, 3.05) is 19.4 Å². The standard InChI is InChI=1S/C16H17FN2O2/c1-21-15-5-3-2-4-11(15)8-9-19-16(20)13-7-6-12(18)10-14(13)17/h2-7,10H,8-9,18H2,1H3,(H,19,20). The molecule has 0 aliphatic rings. The first-order valence-corrected chi connectivity index (χ1v) is 6.57. The summed E-state index contributed by atoms with van der Waals surface area (Å²) >= 11 is 0. The number of anilines is 1. The van der Waals surface area contributed by atoms with Gasteiger partial charge in [0.2, 0.25) is 0 Å². The highest BCUT2D eigenvalue weighted by Crippen LogP contribution is 2.17. The van der Waals surface area contributed by atoms with Gasteiger partial charge >= 0.3 is 0 Å². The molecule has 0 saturated heterocycles. The van der Waals surface area contributed by atoms with E-state index in [9.17, 15) is 9.18 Å². The number of ether oxygens (including phenoxy) is 1. The van der Waals surface area contributed by atoms with Crippen LogP contribution in [-0.4, -0.2) is 19.6 Å². The molecule has 0 heterocycles. The molecule has 0 aliphatic carbocycles. The van der Waals surface area contributed by atoms with Crippen LogP contribution in [0.2, 0.25) is 0 Å². The molecule has 0 atom stereocenters. The van der Waals surface area contributed by atoms with Gasteiger partial charge in [-0.1, -0.05) is 18.2 Å². The number of nitrogens with one attached hydrogen (secondary N) is 1. The van der Waals surface area contributed by atoms with E-state index >= 15 is 0 Å². The second-order valence-electron chi connectivity index (χ2n) is 4.56. The van der Waals surface area contributed by atoms with Gasteiger partial charge < -0.3 is 15.8 Å². The van der Waals surface area contributed by atoms with Gasteiger partial charge in [0, 0.05) is 12.2 Å². The van der Waals surface area contributed by atoms with Gasteiger partial charge in [0.15, 0.2) is 0 Å². The number of para-hydroxylation sites is 1. The molecule has 1 amide bonds. The first-order valence-electron chi connectivity index (χ1n) is 6.57. The van der Waals surface area contributed by atoms with Crippen LogP contribution in [0.5, 0.6) is 5.75 Å². The molecule has 0 radical (unpaired) electrons. The summed E-state index contributed by atoms with van der Waals surface area (Å²) in [6.45, 7) is 0.392. The first kappa shape index (κ1) is 14.8. The average molecular weight is 288 g/mol. The Morgan fingerprint density at radius 1 is 1.29 bits per heavy atom. The van der Waals surface area contributed by atoms with Gasteiger partial charge in [-0.05, 0) is 36.2 Å². The number of nitrogens with two attached hydrogens (primary N) is 1. The van der Waals surface area contributed by atoms with Crippen molar-refractivity contribution in [1.29, 1.82) is 0 Å². The summed E-state index contributed by atoms with van der Waals surface area (Å²) in [5.74, 6) is -0.308. The lowest BCUT2D eigenvalue weighted by Gasteiger charge is -2.09. The van der Waals surface area contributed by atoms with E-state index in [2.05, 4.69) is 5.32 Å². The van der Waals surface area contributed by atoms with Crippen molar-refractivity contribution in [1.82, 2.24) is 5.32 Å². The van der Waals surface area contributed by atoms with Gasteiger partial charge in [-0.25, -0.2) is 4.39 Å². The lowest BCUT2D eigenvalue weighted by Crippen LogP contribution is -2.26. The Hall–Kier alpha value is -2.56. The van der Waals surface area contributed by atoms with E-state index in [1.165, 1.54) is 12.1 Å². The molecule has 2 aromatic rings. The third kappa shape index (κ3) is 3.72. The molecule has 21 heavy (non-hydrogen) atoms. The SMILES string of the molecule is COc1ccccc1CCNC(=O)c1ccc(N)cc1F. The Kier molecular flexibility index (Phi) is 4.77. The van der Waals surface area contributed by atoms with Crippen LogP contribution >= 0.6 is 0 Å². The molecule has 0 fully saturated rings. The molecule has 5 heteroatoms. The highest BCUT2D eigenvalue weighted by molar-refractivity contribution is 5.94. The van der Waals surface area contributed by atoms with Crippen molar-refractivity contribution >= 4 is 11.6 Å². The summed E-state index contributed by atoms with van der Waals surface area (Å²) in [6.07, 6.45) is 0.604. The number of hydrogen-bond acceptors (Lipinski definition) is 3. The zero-order chi connectivity index (χ0) is 15.2. The van der Waals surface area contributed by atoms with Crippen LogP contribution in [0, 0.1) is 5.82 Å². The third-order valence-electron chi connectivity index (χ3n) is 3.11. The van der Waals surface area contributed by atoms with E-state index in [-0.39, 0.29) is 11.3 Å². The minimum absolute atomic E-state index is 0.00998. The number of benzene rings is 2. The van der Waals surface area contributed by atoms with Crippen molar-refractivity contribution in [2.45, 2.75) is 6.42 Å². The molecular formula is C16H17FN2O2. The van der Waals surface area contributed by atoms with Crippen LogP contribution in [0.25, 0.3) is 0 Å². The summed E-state index contributed by atoms with van der Waals surface area (Å²) in [7, 11) is 1.60. The number of rotatable bonds is 5. The molecule has 0 saturated carbocycles. The minimum atomic E-state index is -0.621. The predicted octanol–water partition coefficient (Wildman–Crippen LogP) is 2.39. The van der Waals surface area contributed by atoms with Crippen molar-refractivity contribution in [2.24, 2.45) is 0 Å². The molecule has 0 bridgehead atoms. The summed E-state index contributed by atoms with van der Waals surface area (Å²) < 4.78 is 18.8. The Morgan fingerprint density at radius 2 is 2.05 bits per heavy atom. The van der Waals surface area contributed by atoms with E-state index in [4.69, 9.17) is 10.5 Å². The van der Waals surface area contributed by atoms with Gasteiger partial charge in [-0.2, -0.15) is 0 Å². The highest BCUT2D eigenvalue weighted by Gasteiger charge is 2.11. The molecule has 110 valence electrons. The van der Waals surface area contributed by atoms with Gasteiger partial charge in [-0.15, -0.1) is 0 Å². The number of carbonyl (C=O) groups excluding carboxylic acids is 1. The molecule has 0 aliphatic heterocycles. The first-order chi connectivity index (χ1) is 10.1. The molecule has 0 aromatic heterocycles. The van der Waals surface area contributed by atoms with Crippen LogP contribution in [0.15, 0.2) is 42.5 Å². The third-order valence-corrected chi connectivity index (χ3v) is 3.11. The second-order valence-corrected chi connectivity index (χ2v) is 4.56. The molecule has 0 unspecified atom stereocenters. The average Bonchev–Trinajstić information content (AvgIpc) is 2.47. The van der Waals surface area contributed by atoms with Gasteiger partial charge in [0.1, 0.15) is 11.6 Å². The minimum Gasteiger partial charge on any atom is -0.496 e. The fourth-order valence-corrected chi connectivity index (χ4v) is 2.03. The van der Waals surface area contributed by atoms with Gasteiger partial charge in [-0.3, -0.25) is 4.79 Å². The van der Waals surface area contributed by atoms with Crippen molar-refractivity contribution in [3.8, 4) is 5.75 Å². The van der Waals surface area contributed by atoms with Gasteiger partial charge in [0.05, 0.1) is 12.7 Å². The van der Waals surface area contributed by atoms with Crippen LogP contribution < -0.4 is 15.8 Å². The van der Waals surface area contributed by atoms with Crippen LogP contribution in [0.3, 0.4) is 0 Å². The van der Waals surface area contributed by atoms with Crippen molar-refractivity contribution < 1.29 is 13.9 Å². The fourth-order valence-electron chi connectivity index (χ4n) is 2.03. The molecule has 3 N–H and O–H groups in total. The Bertz CT molecular complexity index is 644. The van der Waals surface area contributed by atoms with Gasteiger partial charge in [0.25, 0.3) is 5.91 Å². The number of amides is 1. The topological polar surface area (TPSA) is 64.3 Å². The maximum atomic E-state index is 13.6. The summed E-state index contributed by atoms with van der Waals surface area (Å²) in [6, 6.07) is 11.6. The smallest absolute Gasteiger partial charge is 0.254 e. The van der Waals surface area contributed by atoms with E-state index in [1.54, 1.807) is 7.11 Å². The summed E-state index contributed by atoms with van der Waals surface area (Å²) in [4.78, 5) is 11.9.